The summed E-state index contributed by atoms with van der Waals surface area (Å²) in [5.74, 6) is -2.29. The molecule has 1 aromatic heterocycles. The molecule has 0 radical (unpaired) electrons. The number of aliphatic hydroxyl groups excluding tert-OH is 1. The van der Waals surface area contributed by atoms with Gasteiger partial charge in [0.15, 0.2) is 6.10 Å². The van der Waals surface area contributed by atoms with Gasteiger partial charge in [-0.25, -0.2) is 42.5 Å². The molecule has 0 fully saturated rings. The number of ether oxygens (including phenoxy) is 3. The number of rotatable bonds is 14. The van der Waals surface area contributed by atoms with Crippen molar-refractivity contribution in [1.82, 2.24) is 13.7 Å². The van der Waals surface area contributed by atoms with E-state index >= 15 is 0 Å². The van der Waals surface area contributed by atoms with Gasteiger partial charge in [0.2, 0.25) is 0 Å². The quantitative estimate of drug-likeness (QED) is 0.0751. The third kappa shape index (κ3) is 8.11. The van der Waals surface area contributed by atoms with Crippen molar-refractivity contribution >= 4 is 39.5 Å². The zero-order valence-corrected chi connectivity index (χ0v) is 28.9. The molecule has 0 saturated carbocycles. The van der Waals surface area contributed by atoms with Gasteiger partial charge in [-0.15, -0.1) is 6.58 Å². The van der Waals surface area contributed by atoms with Crippen LogP contribution in [0.5, 0.6) is 0 Å². The number of allylic oxidation sites excluding steroid dienone is 1. The molecule has 0 aliphatic carbocycles. The van der Waals surface area contributed by atoms with Gasteiger partial charge in [-0.05, 0) is 51.9 Å². The monoisotopic (exact) mass is 729 g/mol. The highest BCUT2D eigenvalue weighted by Crippen LogP contribution is 2.29. The van der Waals surface area contributed by atoms with Crippen LogP contribution in [-0.2, 0) is 33.8 Å². The standard InChI is InChI=1S/C41H35N3O10/c1-2-21-42-39(49)43(23-31(45)25-52-38(48)35-33-19-11-9-17-29(33)22-30-18-10-12-20-34(30)35)41(51)44(40(42)50)24-32(54-37(47)28-15-7-4-8-16-28)26-53-36(46)27-13-5-3-6-14-27/h2-20,22,31-32,45H,1,21,23-26H2. The van der Waals surface area contributed by atoms with Crippen molar-refractivity contribution in [2.24, 2.45) is 0 Å². The van der Waals surface area contributed by atoms with Crippen LogP contribution in [0.2, 0.25) is 0 Å². The van der Waals surface area contributed by atoms with Crippen LogP contribution in [0.1, 0.15) is 31.1 Å². The van der Waals surface area contributed by atoms with Gasteiger partial charge in [0.25, 0.3) is 0 Å². The Morgan fingerprint density at radius 2 is 1.09 bits per heavy atom. The van der Waals surface area contributed by atoms with Crippen LogP contribution in [0.4, 0.5) is 0 Å². The molecule has 13 heteroatoms. The topological polar surface area (TPSA) is 165 Å². The molecule has 1 N–H and O–H groups in total. The van der Waals surface area contributed by atoms with Gasteiger partial charge >= 0.3 is 35.0 Å². The van der Waals surface area contributed by atoms with E-state index in [1.807, 2.05) is 30.3 Å². The summed E-state index contributed by atoms with van der Waals surface area (Å²) in [4.78, 5) is 80.2. The second kappa shape index (κ2) is 16.7. The maximum atomic E-state index is 13.8. The smallest absolute Gasteiger partial charge is 0.339 e. The molecule has 1 heterocycles. The van der Waals surface area contributed by atoms with E-state index in [2.05, 4.69) is 6.58 Å². The van der Waals surface area contributed by atoms with Crippen LogP contribution in [0, 0.1) is 0 Å². The molecular weight excluding hydrogens is 694 g/mol. The van der Waals surface area contributed by atoms with E-state index in [0.29, 0.717) is 30.0 Å². The molecule has 13 nitrogen and oxygen atoms in total. The summed E-state index contributed by atoms with van der Waals surface area (Å²) in [6, 6.07) is 32.5. The molecule has 5 aromatic carbocycles. The van der Waals surface area contributed by atoms with E-state index in [0.717, 1.165) is 10.8 Å². The predicted molar refractivity (Wildman–Crippen MR) is 200 cm³/mol. The molecule has 0 aliphatic rings. The molecule has 0 amide bonds. The van der Waals surface area contributed by atoms with Crippen molar-refractivity contribution in [3.05, 3.63) is 176 Å². The summed E-state index contributed by atoms with van der Waals surface area (Å²) < 4.78 is 18.5. The van der Waals surface area contributed by atoms with E-state index in [1.54, 1.807) is 60.7 Å². The summed E-state index contributed by atoms with van der Waals surface area (Å²) in [7, 11) is 0. The van der Waals surface area contributed by atoms with E-state index in [4.69, 9.17) is 14.2 Å². The molecule has 2 unspecified atom stereocenters. The Morgan fingerprint density at radius 3 is 1.67 bits per heavy atom. The number of aliphatic hydroxyl groups is 1. The minimum absolute atomic E-state index is 0.160. The fraction of sp³-hybridized carbons (Fsp3) is 0.171. The molecule has 0 bridgehead atoms. The molecule has 274 valence electrons. The minimum atomic E-state index is -1.57. The number of hydrogen-bond donors (Lipinski definition) is 1. The number of benzene rings is 5. The fourth-order valence-electron chi connectivity index (χ4n) is 5.97. The largest absolute Gasteiger partial charge is 0.459 e. The molecular formula is C41H35N3O10. The average molecular weight is 730 g/mol. The van der Waals surface area contributed by atoms with Gasteiger partial charge in [-0.2, -0.15) is 0 Å². The van der Waals surface area contributed by atoms with Gasteiger partial charge in [-0.3, -0.25) is 0 Å². The van der Waals surface area contributed by atoms with Crippen LogP contribution in [0.3, 0.4) is 0 Å². The van der Waals surface area contributed by atoms with Crippen LogP contribution in [-0.4, -0.2) is 62.1 Å². The van der Waals surface area contributed by atoms with Crippen LogP contribution in [0.15, 0.2) is 142 Å². The van der Waals surface area contributed by atoms with Crippen LogP contribution < -0.4 is 17.1 Å². The highest BCUT2D eigenvalue weighted by molar-refractivity contribution is 6.16. The Kier molecular flexibility index (Phi) is 11.4. The lowest BCUT2D eigenvalue weighted by Crippen LogP contribution is -2.56. The summed E-state index contributed by atoms with van der Waals surface area (Å²) in [5.41, 5.74) is -2.59. The third-order valence-electron chi connectivity index (χ3n) is 8.55. The van der Waals surface area contributed by atoms with Crippen LogP contribution in [0.25, 0.3) is 21.5 Å². The number of fused-ring (bicyclic) bond motifs is 2. The first kappa shape index (κ1) is 36.9. The second-order valence-electron chi connectivity index (χ2n) is 12.3. The SMILES string of the molecule is C=CCn1c(=O)n(CC(O)COC(=O)c2c3ccccc3cc3ccccc23)c(=O)n(CC(COC(=O)c2ccccc2)OC(=O)c2ccccc2)c1=O. The molecule has 54 heavy (non-hydrogen) atoms. The summed E-state index contributed by atoms with van der Waals surface area (Å²) in [5, 5.41) is 13.9. The molecule has 0 saturated heterocycles. The maximum absolute atomic E-state index is 13.8. The number of aromatic nitrogens is 3. The lowest BCUT2D eigenvalue weighted by molar-refractivity contribution is -0.00633. The van der Waals surface area contributed by atoms with Gasteiger partial charge in [0, 0.05) is 0 Å². The summed E-state index contributed by atoms with van der Waals surface area (Å²) in [6.45, 7) is 0.816. The van der Waals surface area contributed by atoms with Gasteiger partial charge in [0.05, 0.1) is 36.3 Å². The van der Waals surface area contributed by atoms with E-state index in [1.165, 1.54) is 30.3 Å². The van der Waals surface area contributed by atoms with E-state index in [-0.39, 0.29) is 17.7 Å². The first-order valence-electron chi connectivity index (χ1n) is 17.0. The maximum Gasteiger partial charge on any atom is 0.339 e. The first-order valence-corrected chi connectivity index (χ1v) is 17.0. The average Bonchev–Trinajstić information content (AvgIpc) is 3.20. The Labute approximate surface area is 307 Å². The van der Waals surface area contributed by atoms with Crippen molar-refractivity contribution < 1.29 is 33.7 Å². The van der Waals surface area contributed by atoms with Gasteiger partial charge in [0.1, 0.15) is 19.3 Å². The van der Waals surface area contributed by atoms with Gasteiger partial charge in [-0.1, -0.05) is 91.0 Å². The molecule has 2 atom stereocenters. The van der Waals surface area contributed by atoms with E-state index < -0.39 is 73.5 Å². The number of carbonyl (C=O) groups is 3. The number of nitrogens with zero attached hydrogens (tertiary/aromatic N) is 3. The zero-order chi connectivity index (χ0) is 38.2. The third-order valence-corrected chi connectivity index (χ3v) is 8.55. The highest BCUT2D eigenvalue weighted by Gasteiger charge is 2.25. The second-order valence-corrected chi connectivity index (χ2v) is 12.3. The van der Waals surface area contributed by atoms with Crippen molar-refractivity contribution in [1.29, 1.82) is 0 Å². The number of hydrogen-bond acceptors (Lipinski definition) is 10. The van der Waals surface area contributed by atoms with Gasteiger partial charge < -0.3 is 19.3 Å². The Hall–Kier alpha value is -6.86. The van der Waals surface area contributed by atoms with Crippen molar-refractivity contribution in [3.8, 4) is 0 Å². The minimum Gasteiger partial charge on any atom is -0.459 e. The van der Waals surface area contributed by atoms with E-state index in [9.17, 15) is 33.9 Å². The normalized spacial score (nSPS) is 12.2. The Balaban J connectivity index is 1.27. The zero-order valence-electron chi connectivity index (χ0n) is 28.9. The highest BCUT2D eigenvalue weighted by atomic mass is 16.6. The molecule has 0 aliphatic heterocycles. The van der Waals surface area contributed by atoms with Crippen molar-refractivity contribution in [2.45, 2.75) is 31.8 Å². The summed E-state index contributed by atoms with van der Waals surface area (Å²) >= 11 is 0. The Bertz CT molecular complexity index is 2470. The summed E-state index contributed by atoms with van der Waals surface area (Å²) in [6.07, 6.45) is -1.68. The Morgan fingerprint density at radius 1 is 0.611 bits per heavy atom. The molecule has 0 spiro atoms. The van der Waals surface area contributed by atoms with Crippen LogP contribution >= 0.6 is 0 Å². The number of carbonyl (C=O) groups excluding carboxylic acids is 3. The predicted octanol–water partition coefficient (Wildman–Crippen LogP) is 3.96. The number of esters is 3. The molecule has 6 rings (SSSR count). The molecule has 6 aromatic rings. The lowest BCUT2D eigenvalue weighted by Gasteiger charge is -2.21. The first-order chi connectivity index (χ1) is 26.2. The van der Waals surface area contributed by atoms with Crippen molar-refractivity contribution in [2.75, 3.05) is 13.2 Å². The lowest BCUT2D eigenvalue weighted by atomic mass is 9.97. The van der Waals surface area contributed by atoms with Crippen molar-refractivity contribution in [3.63, 3.8) is 0 Å². The fourth-order valence-corrected chi connectivity index (χ4v) is 5.97.